The normalized spacial score (nSPS) is 24.3. The molecule has 0 aromatic rings. The minimum atomic E-state index is -0.177. The smallest absolute Gasteiger partial charge is 0.217 e. The molecule has 2 heterocycles. The largest absolute Gasteiger partial charge is 0.370 e. The Morgan fingerprint density at radius 1 is 1.50 bits per heavy atom. The van der Waals surface area contributed by atoms with Crippen LogP contribution in [0.3, 0.4) is 0 Å². The van der Waals surface area contributed by atoms with E-state index in [1.54, 1.807) is 0 Å². The van der Waals surface area contributed by atoms with Crippen molar-refractivity contribution in [2.75, 3.05) is 26.2 Å². The zero-order valence-electron chi connectivity index (χ0n) is 11.4. The molecule has 0 unspecified atom stereocenters. The number of piperidine rings is 1. The highest BCUT2D eigenvalue weighted by Crippen LogP contribution is 2.22. The van der Waals surface area contributed by atoms with Gasteiger partial charge in [0, 0.05) is 38.0 Å². The summed E-state index contributed by atoms with van der Waals surface area (Å²) < 4.78 is 0. The van der Waals surface area contributed by atoms with Crippen LogP contribution in [0.4, 0.5) is 0 Å². The lowest BCUT2D eigenvalue weighted by Crippen LogP contribution is -2.51. The van der Waals surface area contributed by atoms with Crippen LogP contribution in [0.5, 0.6) is 0 Å². The molecule has 1 saturated heterocycles. The first kappa shape index (κ1) is 13.2. The lowest BCUT2D eigenvalue weighted by molar-refractivity contribution is -0.119. The van der Waals surface area contributed by atoms with Crippen molar-refractivity contribution in [3.8, 4) is 0 Å². The summed E-state index contributed by atoms with van der Waals surface area (Å²) in [5.41, 5.74) is 5.50. The Balaban J connectivity index is 1.83. The van der Waals surface area contributed by atoms with Gasteiger partial charge in [-0.15, -0.1) is 0 Å². The fraction of sp³-hybridized carbons (Fsp3) is 0.846. The number of amides is 1. The number of nitrogens with two attached hydrogens (primary N) is 1. The molecule has 1 fully saturated rings. The van der Waals surface area contributed by atoms with Crippen LogP contribution in [-0.2, 0) is 4.79 Å². The number of likely N-dealkylation sites (tertiary alicyclic amines) is 1. The van der Waals surface area contributed by atoms with Gasteiger partial charge in [-0.1, -0.05) is 13.8 Å². The molecular weight excluding hydrogens is 228 g/mol. The summed E-state index contributed by atoms with van der Waals surface area (Å²) in [6.07, 6.45) is 2.60. The third kappa shape index (κ3) is 3.37. The van der Waals surface area contributed by atoms with E-state index in [1.165, 1.54) is 0 Å². The van der Waals surface area contributed by atoms with E-state index in [0.717, 1.165) is 45.0 Å². The third-order valence-corrected chi connectivity index (χ3v) is 3.79. The molecule has 2 rings (SSSR count). The van der Waals surface area contributed by atoms with Crippen LogP contribution >= 0.6 is 0 Å². The van der Waals surface area contributed by atoms with Gasteiger partial charge < -0.3 is 16.0 Å². The number of hydrogen-bond acceptors (Lipinski definition) is 4. The first-order chi connectivity index (χ1) is 8.46. The van der Waals surface area contributed by atoms with Crippen molar-refractivity contribution in [1.29, 1.82) is 0 Å². The van der Waals surface area contributed by atoms with Crippen LogP contribution in [0.1, 0.15) is 33.1 Å². The highest BCUT2D eigenvalue weighted by Gasteiger charge is 2.27. The molecule has 18 heavy (non-hydrogen) atoms. The van der Waals surface area contributed by atoms with Crippen molar-refractivity contribution in [3.63, 3.8) is 0 Å². The second-order valence-electron chi connectivity index (χ2n) is 6.26. The molecule has 5 heteroatoms. The molecule has 1 amide bonds. The van der Waals surface area contributed by atoms with Gasteiger partial charge in [0.25, 0.3) is 0 Å². The minimum Gasteiger partial charge on any atom is -0.370 e. The maximum Gasteiger partial charge on any atom is 0.217 e. The zero-order valence-corrected chi connectivity index (χ0v) is 11.4. The van der Waals surface area contributed by atoms with Gasteiger partial charge in [-0.3, -0.25) is 9.79 Å². The number of rotatable bonds is 2. The second-order valence-corrected chi connectivity index (χ2v) is 6.26. The van der Waals surface area contributed by atoms with Gasteiger partial charge in [-0.05, 0) is 18.8 Å². The van der Waals surface area contributed by atoms with Crippen molar-refractivity contribution in [2.45, 2.75) is 33.1 Å². The molecule has 0 aromatic carbocycles. The van der Waals surface area contributed by atoms with E-state index in [4.69, 9.17) is 5.73 Å². The van der Waals surface area contributed by atoms with Crippen molar-refractivity contribution >= 4 is 11.9 Å². The van der Waals surface area contributed by atoms with E-state index in [9.17, 15) is 4.79 Å². The van der Waals surface area contributed by atoms with Gasteiger partial charge >= 0.3 is 0 Å². The molecule has 0 saturated carbocycles. The van der Waals surface area contributed by atoms with Crippen molar-refractivity contribution in [3.05, 3.63) is 0 Å². The molecule has 0 bridgehead atoms. The standard InChI is InChI=1S/C13H24N4O/c1-13(2)8-15-12(16-9-13)17-5-3-10(4-6-17)7-11(14)18/h10H,3-9H2,1-2H3,(H2,14,18)(H,15,16). The van der Waals surface area contributed by atoms with E-state index in [0.29, 0.717) is 12.3 Å². The number of nitrogens with one attached hydrogen (secondary N) is 1. The van der Waals surface area contributed by atoms with Gasteiger partial charge in [0.15, 0.2) is 5.96 Å². The molecule has 0 spiro atoms. The Labute approximate surface area is 109 Å². The first-order valence-corrected chi connectivity index (χ1v) is 6.78. The summed E-state index contributed by atoms with van der Waals surface area (Å²) in [6, 6.07) is 0. The van der Waals surface area contributed by atoms with Gasteiger partial charge in [0.2, 0.25) is 5.91 Å². The van der Waals surface area contributed by atoms with Gasteiger partial charge in [-0.2, -0.15) is 0 Å². The molecule has 5 nitrogen and oxygen atoms in total. The summed E-state index contributed by atoms with van der Waals surface area (Å²) in [5.74, 6) is 1.31. The van der Waals surface area contributed by atoms with E-state index >= 15 is 0 Å². The zero-order chi connectivity index (χ0) is 13.2. The van der Waals surface area contributed by atoms with Crippen LogP contribution in [0.25, 0.3) is 0 Å². The topological polar surface area (TPSA) is 70.7 Å². The molecule has 3 N–H and O–H groups in total. The highest BCUT2D eigenvalue weighted by atomic mass is 16.1. The van der Waals surface area contributed by atoms with Crippen molar-refractivity contribution < 1.29 is 4.79 Å². The van der Waals surface area contributed by atoms with Crippen LogP contribution in [-0.4, -0.2) is 42.9 Å². The van der Waals surface area contributed by atoms with Crippen molar-refractivity contribution in [1.82, 2.24) is 10.2 Å². The van der Waals surface area contributed by atoms with E-state index in [2.05, 4.69) is 29.1 Å². The number of carbonyl (C=O) groups is 1. The van der Waals surface area contributed by atoms with Gasteiger partial charge in [0.1, 0.15) is 0 Å². The Kier molecular flexibility index (Phi) is 3.78. The molecule has 102 valence electrons. The van der Waals surface area contributed by atoms with Crippen LogP contribution in [0.2, 0.25) is 0 Å². The van der Waals surface area contributed by atoms with Gasteiger partial charge in [-0.25, -0.2) is 0 Å². The number of hydrogen-bond donors (Lipinski definition) is 2. The summed E-state index contributed by atoms with van der Waals surface area (Å²) in [6.45, 7) is 8.26. The summed E-state index contributed by atoms with van der Waals surface area (Å²) in [5, 5.41) is 3.42. The number of nitrogens with zero attached hydrogens (tertiary/aromatic N) is 2. The van der Waals surface area contributed by atoms with E-state index in [1.807, 2.05) is 0 Å². The number of primary amides is 1. The predicted molar refractivity (Wildman–Crippen MR) is 72.2 cm³/mol. The monoisotopic (exact) mass is 252 g/mol. The molecule has 0 aromatic heterocycles. The molecule has 2 aliphatic rings. The fourth-order valence-corrected chi connectivity index (χ4v) is 2.56. The van der Waals surface area contributed by atoms with Crippen LogP contribution in [0.15, 0.2) is 4.99 Å². The SMILES string of the molecule is CC1(C)CN=C(N2CCC(CC(N)=O)CC2)NC1. The van der Waals surface area contributed by atoms with E-state index in [-0.39, 0.29) is 11.3 Å². The molecule has 0 aliphatic carbocycles. The highest BCUT2D eigenvalue weighted by molar-refractivity contribution is 5.80. The maximum absolute atomic E-state index is 10.9. The maximum atomic E-state index is 10.9. The number of carbonyl (C=O) groups excluding carboxylic acids is 1. The Morgan fingerprint density at radius 3 is 2.67 bits per heavy atom. The summed E-state index contributed by atoms with van der Waals surface area (Å²) in [7, 11) is 0. The Bertz CT molecular complexity index is 343. The molecule has 2 aliphatic heterocycles. The number of aliphatic imine (C=N–C) groups is 1. The average Bonchev–Trinajstić information content (AvgIpc) is 2.30. The van der Waals surface area contributed by atoms with Crippen molar-refractivity contribution in [2.24, 2.45) is 22.1 Å². The average molecular weight is 252 g/mol. The lowest BCUT2D eigenvalue weighted by Gasteiger charge is -2.38. The Hall–Kier alpha value is -1.26. The molecule has 0 radical (unpaired) electrons. The van der Waals surface area contributed by atoms with Gasteiger partial charge in [0.05, 0.1) is 0 Å². The minimum absolute atomic E-state index is 0.177. The summed E-state index contributed by atoms with van der Waals surface area (Å²) in [4.78, 5) is 17.8. The Morgan fingerprint density at radius 2 is 2.17 bits per heavy atom. The second kappa shape index (κ2) is 5.16. The third-order valence-electron chi connectivity index (χ3n) is 3.79. The fourth-order valence-electron chi connectivity index (χ4n) is 2.56. The first-order valence-electron chi connectivity index (χ1n) is 6.78. The summed E-state index contributed by atoms with van der Waals surface area (Å²) >= 11 is 0. The molecular formula is C13H24N4O. The quantitative estimate of drug-likeness (QED) is 0.754. The molecule has 0 atom stereocenters. The van der Waals surface area contributed by atoms with Crippen LogP contribution < -0.4 is 11.1 Å². The van der Waals surface area contributed by atoms with Crippen LogP contribution in [0, 0.1) is 11.3 Å². The lowest BCUT2D eigenvalue weighted by atomic mass is 9.92. The van der Waals surface area contributed by atoms with E-state index < -0.39 is 0 Å². The predicted octanol–water partition coefficient (Wildman–Crippen LogP) is 0.559. The number of guanidine groups is 1.